The Morgan fingerprint density at radius 2 is 1.77 bits per heavy atom. The normalized spacial score (nSPS) is 12.0. The molecule has 1 amide bonds. The van der Waals surface area contributed by atoms with Crippen molar-refractivity contribution in [3.8, 4) is 0 Å². The fraction of sp³-hybridized carbons (Fsp3) is 0.235. The van der Waals surface area contributed by atoms with Gasteiger partial charge in [-0.15, -0.1) is 0 Å². The number of carbonyl (C=O) groups is 1. The Bertz CT molecular complexity index is 669. The van der Waals surface area contributed by atoms with Gasteiger partial charge in [-0.1, -0.05) is 50.2 Å². The Kier molecular flexibility index (Phi) is 4.88. The van der Waals surface area contributed by atoms with Gasteiger partial charge in [0, 0.05) is 17.7 Å². The van der Waals surface area contributed by atoms with Gasteiger partial charge in [0.2, 0.25) is 0 Å². The van der Waals surface area contributed by atoms with Crippen LogP contribution in [0.1, 0.15) is 35.8 Å². The summed E-state index contributed by atoms with van der Waals surface area (Å²) >= 11 is 0. The van der Waals surface area contributed by atoms with Gasteiger partial charge in [-0.3, -0.25) is 14.9 Å². The summed E-state index contributed by atoms with van der Waals surface area (Å²) in [6.07, 6.45) is 0. The number of nitro benzene ring substituents is 1. The van der Waals surface area contributed by atoms with E-state index in [1.165, 1.54) is 18.2 Å². The van der Waals surface area contributed by atoms with E-state index in [-0.39, 0.29) is 29.1 Å². The molecule has 5 heteroatoms. The Morgan fingerprint density at radius 3 is 2.36 bits per heavy atom. The van der Waals surface area contributed by atoms with Crippen molar-refractivity contribution in [2.24, 2.45) is 5.92 Å². The van der Waals surface area contributed by atoms with Crippen LogP contribution in [-0.4, -0.2) is 10.8 Å². The summed E-state index contributed by atoms with van der Waals surface area (Å²) in [5.74, 6) is -0.115. The highest BCUT2D eigenvalue weighted by atomic mass is 16.6. The van der Waals surface area contributed by atoms with Crippen LogP contribution < -0.4 is 5.32 Å². The minimum absolute atomic E-state index is 0.0894. The lowest BCUT2D eigenvalue weighted by Crippen LogP contribution is -2.31. The van der Waals surface area contributed by atoms with Crippen LogP contribution >= 0.6 is 0 Å². The first-order valence-electron chi connectivity index (χ1n) is 7.09. The quantitative estimate of drug-likeness (QED) is 0.675. The summed E-state index contributed by atoms with van der Waals surface area (Å²) in [5, 5.41) is 13.8. The summed E-state index contributed by atoms with van der Waals surface area (Å²) in [6, 6.07) is 15.3. The van der Waals surface area contributed by atoms with E-state index in [1.807, 2.05) is 44.2 Å². The maximum absolute atomic E-state index is 12.4. The van der Waals surface area contributed by atoms with Crippen LogP contribution in [0.4, 0.5) is 5.69 Å². The minimum Gasteiger partial charge on any atom is -0.345 e. The SMILES string of the molecule is CC(C)[C@H](NC(=O)c1cccc([N+](=O)[O-])c1)c1ccccc1. The van der Waals surface area contributed by atoms with Crippen LogP contribution in [0.5, 0.6) is 0 Å². The number of amides is 1. The predicted molar refractivity (Wildman–Crippen MR) is 84.6 cm³/mol. The molecule has 1 N–H and O–H groups in total. The number of rotatable bonds is 5. The third-order valence-corrected chi connectivity index (χ3v) is 3.43. The van der Waals surface area contributed by atoms with E-state index in [9.17, 15) is 14.9 Å². The van der Waals surface area contributed by atoms with Crippen molar-refractivity contribution >= 4 is 11.6 Å². The Labute approximate surface area is 129 Å². The summed E-state index contributed by atoms with van der Waals surface area (Å²) in [5.41, 5.74) is 1.21. The first kappa shape index (κ1) is 15.7. The molecular formula is C17H18N2O3. The molecule has 0 aliphatic rings. The molecule has 0 aliphatic carbocycles. The largest absolute Gasteiger partial charge is 0.345 e. The van der Waals surface area contributed by atoms with Crippen molar-refractivity contribution in [3.63, 3.8) is 0 Å². The number of nitro groups is 1. The second kappa shape index (κ2) is 6.85. The Balaban J connectivity index is 2.22. The average Bonchev–Trinajstić information content (AvgIpc) is 2.53. The highest BCUT2D eigenvalue weighted by molar-refractivity contribution is 5.95. The third kappa shape index (κ3) is 3.69. The lowest BCUT2D eigenvalue weighted by Gasteiger charge is -2.23. The summed E-state index contributed by atoms with van der Waals surface area (Å²) in [4.78, 5) is 22.7. The van der Waals surface area contributed by atoms with Crippen molar-refractivity contribution in [1.82, 2.24) is 5.32 Å². The Morgan fingerprint density at radius 1 is 1.09 bits per heavy atom. The van der Waals surface area contributed by atoms with Crippen LogP contribution in [0.3, 0.4) is 0 Å². The maximum atomic E-state index is 12.4. The molecule has 22 heavy (non-hydrogen) atoms. The number of hydrogen-bond donors (Lipinski definition) is 1. The van der Waals surface area contributed by atoms with Crippen molar-refractivity contribution in [3.05, 3.63) is 75.8 Å². The number of non-ortho nitro benzene ring substituents is 1. The van der Waals surface area contributed by atoms with Crippen molar-refractivity contribution < 1.29 is 9.72 Å². The van der Waals surface area contributed by atoms with Gasteiger partial charge in [0.1, 0.15) is 0 Å². The molecule has 2 aromatic carbocycles. The standard InChI is InChI=1S/C17H18N2O3/c1-12(2)16(13-7-4-3-5-8-13)18-17(20)14-9-6-10-15(11-14)19(21)22/h3-12,16H,1-2H3,(H,18,20)/t16-/m0/s1. The molecule has 0 unspecified atom stereocenters. The van der Waals surface area contributed by atoms with E-state index >= 15 is 0 Å². The fourth-order valence-corrected chi connectivity index (χ4v) is 2.28. The van der Waals surface area contributed by atoms with Gasteiger partial charge >= 0.3 is 0 Å². The van der Waals surface area contributed by atoms with Crippen LogP contribution in [0.2, 0.25) is 0 Å². The zero-order valence-corrected chi connectivity index (χ0v) is 12.5. The number of hydrogen-bond acceptors (Lipinski definition) is 3. The molecule has 0 spiro atoms. The summed E-state index contributed by atoms with van der Waals surface area (Å²) < 4.78 is 0. The van der Waals surface area contributed by atoms with E-state index in [0.29, 0.717) is 0 Å². The molecule has 0 fully saturated rings. The number of benzene rings is 2. The molecule has 5 nitrogen and oxygen atoms in total. The van der Waals surface area contributed by atoms with Gasteiger partial charge in [-0.25, -0.2) is 0 Å². The molecule has 1 atom stereocenters. The topological polar surface area (TPSA) is 72.2 Å². The number of carbonyl (C=O) groups excluding carboxylic acids is 1. The molecule has 2 rings (SSSR count). The summed E-state index contributed by atoms with van der Waals surface area (Å²) in [7, 11) is 0. The molecule has 0 bridgehead atoms. The zero-order valence-electron chi connectivity index (χ0n) is 12.5. The highest BCUT2D eigenvalue weighted by Crippen LogP contribution is 2.22. The van der Waals surface area contributed by atoms with E-state index in [0.717, 1.165) is 5.56 Å². The molecule has 0 aliphatic heterocycles. The van der Waals surface area contributed by atoms with Gasteiger partial charge in [-0.05, 0) is 17.5 Å². The van der Waals surface area contributed by atoms with Crippen molar-refractivity contribution in [1.29, 1.82) is 0 Å². The third-order valence-electron chi connectivity index (χ3n) is 3.43. The van der Waals surface area contributed by atoms with Crippen molar-refractivity contribution in [2.75, 3.05) is 0 Å². The molecule has 0 saturated heterocycles. The first-order chi connectivity index (χ1) is 10.5. The van der Waals surface area contributed by atoms with Gasteiger partial charge in [-0.2, -0.15) is 0 Å². The minimum atomic E-state index is -0.506. The zero-order chi connectivity index (χ0) is 16.1. The van der Waals surface area contributed by atoms with Crippen LogP contribution in [0.25, 0.3) is 0 Å². The summed E-state index contributed by atoms with van der Waals surface area (Å²) in [6.45, 7) is 4.04. The predicted octanol–water partition coefficient (Wildman–Crippen LogP) is 3.72. The molecule has 0 heterocycles. The molecule has 114 valence electrons. The van der Waals surface area contributed by atoms with E-state index < -0.39 is 4.92 Å². The Hall–Kier alpha value is -2.69. The van der Waals surface area contributed by atoms with Crippen molar-refractivity contribution in [2.45, 2.75) is 19.9 Å². The lowest BCUT2D eigenvalue weighted by molar-refractivity contribution is -0.384. The molecular weight excluding hydrogens is 280 g/mol. The number of nitrogens with one attached hydrogen (secondary N) is 1. The van der Waals surface area contributed by atoms with Gasteiger partial charge < -0.3 is 5.32 Å². The van der Waals surface area contributed by atoms with Crippen LogP contribution in [-0.2, 0) is 0 Å². The van der Waals surface area contributed by atoms with E-state index in [4.69, 9.17) is 0 Å². The van der Waals surface area contributed by atoms with Gasteiger partial charge in [0.25, 0.3) is 11.6 Å². The van der Waals surface area contributed by atoms with Gasteiger partial charge in [0.15, 0.2) is 0 Å². The van der Waals surface area contributed by atoms with Gasteiger partial charge in [0.05, 0.1) is 11.0 Å². The fourth-order valence-electron chi connectivity index (χ4n) is 2.28. The average molecular weight is 298 g/mol. The number of nitrogens with zero attached hydrogens (tertiary/aromatic N) is 1. The molecule has 2 aromatic rings. The highest BCUT2D eigenvalue weighted by Gasteiger charge is 2.20. The molecule has 0 radical (unpaired) electrons. The lowest BCUT2D eigenvalue weighted by atomic mass is 9.95. The second-order valence-electron chi connectivity index (χ2n) is 5.41. The molecule has 0 aromatic heterocycles. The monoisotopic (exact) mass is 298 g/mol. The van der Waals surface area contributed by atoms with Crippen LogP contribution in [0.15, 0.2) is 54.6 Å². The first-order valence-corrected chi connectivity index (χ1v) is 7.09. The van der Waals surface area contributed by atoms with E-state index in [2.05, 4.69) is 5.32 Å². The second-order valence-corrected chi connectivity index (χ2v) is 5.41. The van der Waals surface area contributed by atoms with Crippen LogP contribution in [0, 0.1) is 16.0 Å². The maximum Gasteiger partial charge on any atom is 0.270 e. The molecule has 0 saturated carbocycles. The van der Waals surface area contributed by atoms with E-state index in [1.54, 1.807) is 6.07 Å². The smallest absolute Gasteiger partial charge is 0.270 e.